The van der Waals surface area contributed by atoms with E-state index in [4.69, 9.17) is 5.73 Å². The predicted octanol–water partition coefficient (Wildman–Crippen LogP) is 3.11. The third-order valence-corrected chi connectivity index (χ3v) is 4.32. The summed E-state index contributed by atoms with van der Waals surface area (Å²) in [5.41, 5.74) is 7.59. The molecule has 1 amide bonds. The fourth-order valence-corrected chi connectivity index (χ4v) is 2.79. The summed E-state index contributed by atoms with van der Waals surface area (Å²) in [7, 11) is 0. The van der Waals surface area contributed by atoms with Gasteiger partial charge in [0.15, 0.2) is 0 Å². The summed E-state index contributed by atoms with van der Waals surface area (Å²) in [5, 5.41) is 2.89. The van der Waals surface area contributed by atoms with Crippen LogP contribution in [0.3, 0.4) is 0 Å². The van der Waals surface area contributed by atoms with E-state index < -0.39 is 0 Å². The molecule has 0 radical (unpaired) electrons. The number of carbonyl (C=O) groups is 1. The van der Waals surface area contributed by atoms with Crippen molar-refractivity contribution in [1.29, 1.82) is 0 Å². The molecule has 0 aromatic heterocycles. The first-order valence-corrected chi connectivity index (χ1v) is 7.83. The molecule has 0 bridgehead atoms. The fourth-order valence-electron chi connectivity index (χ4n) is 2.79. The first kappa shape index (κ1) is 15.8. The zero-order chi connectivity index (χ0) is 15.3. The molecule has 2 rings (SSSR count). The highest BCUT2D eigenvalue weighted by atomic mass is 16.1. The topological polar surface area (TPSA) is 58.4 Å². The second kappa shape index (κ2) is 6.94. The van der Waals surface area contributed by atoms with E-state index in [1.807, 2.05) is 18.2 Å². The van der Waals surface area contributed by atoms with Crippen LogP contribution in [0.25, 0.3) is 0 Å². The van der Waals surface area contributed by atoms with Gasteiger partial charge in [0.05, 0.1) is 11.4 Å². The maximum Gasteiger partial charge on any atom is 0.225 e. The lowest BCUT2D eigenvalue weighted by Gasteiger charge is -2.23. The minimum Gasteiger partial charge on any atom is -0.397 e. The molecular weight excluding hydrogens is 262 g/mol. The molecule has 4 nitrogen and oxygen atoms in total. The lowest BCUT2D eigenvalue weighted by Crippen LogP contribution is -2.29. The van der Waals surface area contributed by atoms with Crippen molar-refractivity contribution in [3.8, 4) is 0 Å². The molecule has 0 unspecified atom stereocenters. The van der Waals surface area contributed by atoms with E-state index in [2.05, 4.69) is 24.1 Å². The average Bonchev–Trinajstić information content (AvgIpc) is 2.60. The van der Waals surface area contributed by atoms with Gasteiger partial charge in [-0.2, -0.15) is 0 Å². The first-order valence-electron chi connectivity index (χ1n) is 7.83. The molecule has 0 spiro atoms. The minimum absolute atomic E-state index is 0.0383. The van der Waals surface area contributed by atoms with Gasteiger partial charge >= 0.3 is 0 Å². The summed E-state index contributed by atoms with van der Waals surface area (Å²) in [6, 6.07) is 7.38. The predicted molar refractivity (Wildman–Crippen MR) is 88.2 cm³/mol. The Morgan fingerprint density at radius 1 is 1.29 bits per heavy atom. The van der Waals surface area contributed by atoms with Gasteiger partial charge < -0.3 is 16.0 Å². The third kappa shape index (κ3) is 5.05. The molecule has 1 aromatic rings. The molecular formula is C17H27N3O. The number of benzene rings is 1. The van der Waals surface area contributed by atoms with Crippen molar-refractivity contribution in [3.05, 3.63) is 24.3 Å². The van der Waals surface area contributed by atoms with Crippen LogP contribution >= 0.6 is 0 Å². The zero-order valence-electron chi connectivity index (χ0n) is 13.2. The lowest BCUT2D eigenvalue weighted by atomic mass is 9.85. The van der Waals surface area contributed by atoms with Gasteiger partial charge in [0, 0.05) is 13.0 Å². The van der Waals surface area contributed by atoms with Gasteiger partial charge in [-0.15, -0.1) is 0 Å². The highest BCUT2D eigenvalue weighted by Gasteiger charge is 2.23. The first-order chi connectivity index (χ1) is 9.96. The van der Waals surface area contributed by atoms with Crippen molar-refractivity contribution < 1.29 is 4.79 Å². The number of nitrogens with two attached hydrogens (primary N) is 1. The summed E-state index contributed by atoms with van der Waals surface area (Å²) >= 11 is 0. The van der Waals surface area contributed by atoms with Gasteiger partial charge in [0.2, 0.25) is 5.91 Å². The summed E-state index contributed by atoms with van der Waals surface area (Å²) in [4.78, 5) is 14.4. The summed E-state index contributed by atoms with van der Waals surface area (Å²) < 4.78 is 0. The van der Waals surface area contributed by atoms with E-state index in [1.165, 1.54) is 19.3 Å². The van der Waals surface area contributed by atoms with Gasteiger partial charge in [-0.05, 0) is 49.9 Å². The van der Waals surface area contributed by atoms with E-state index in [0.29, 0.717) is 23.2 Å². The maximum absolute atomic E-state index is 12.0. The van der Waals surface area contributed by atoms with Crippen LogP contribution < -0.4 is 11.1 Å². The molecule has 1 aromatic carbocycles. The van der Waals surface area contributed by atoms with Crippen LogP contribution in [0.4, 0.5) is 11.4 Å². The molecule has 1 fully saturated rings. The molecule has 0 aliphatic carbocycles. The number of nitrogens with zero attached hydrogens (tertiary/aromatic N) is 1. The largest absolute Gasteiger partial charge is 0.397 e. The maximum atomic E-state index is 12.0. The molecule has 1 aliphatic heterocycles. The zero-order valence-corrected chi connectivity index (χ0v) is 13.2. The second-order valence-corrected chi connectivity index (χ2v) is 6.74. The average molecular weight is 289 g/mol. The van der Waals surface area contributed by atoms with Gasteiger partial charge in [-0.1, -0.05) is 26.0 Å². The summed E-state index contributed by atoms with van der Waals surface area (Å²) in [6.07, 6.45) is 4.23. The van der Waals surface area contributed by atoms with Crippen LogP contribution in [0.1, 0.15) is 39.5 Å². The Balaban J connectivity index is 1.78. The smallest absolute Gasteiger partial charge is 0.225 e. The molecule has 1 aliphatic rings. The van der Waals surface area contributed by atoms with E-state index in [-0.39, 0.29) is 5.91 Å². The molecule has 21 heavy (non-hydrogen) atoms. The van der Waals surface area contributed by atoms with Crippen molar-refractivity contribution in [2.75, 3.05) is 30.7 Å². The van der Waals surface area contributed by atoms with Crippen LogP contribution in [0.5, 0.6) is 0 Å². The van der Waals surface area contributed by atoms with Gasteiger partial charge in [-0.25, -0.2) is 0 Å². The van der Waals surface area contributed by atoms with Gasteiger partial charge in [0.25, 0.3) is 0 Å². The minimum atomic E-state index is 0.0383. The summed E-state index contributed by atoms with van der Waals surface area (Å²) in [5.74, 6) is 0.0383. The Hall–Kier alpha value is -1.55. The highest BCUT2D eigenvalue weighted by Crippen LogP contribution is 2.29. The van der Waals surface area contributed by atoms with E-state index >= 15 is 0 Å². The lowest BCUT2D eigenvalue weighted by molar-refractivity contribution is -0.116. The number of hydrogen-bond acceptors (Lipinski definition) is 3. The van der Waals surface area contributed by atoms with Crippen LogP contribution in [0, 0.1) is 5.41 Å². The Kier molecular flexibility index (Phi) is 5.23. The number of rotatable bonds is 4. The third-order valence-electron chi connectivity index (χ3n) is 4.32. The van der Waals surface area contributed by atoms with E-state index in [0.717, 1.165) is 19.6 Å². The van der Waals surface area contributed by atoms with Crippen molar-refractivity contribution in [2.45, 2.75) is 39.5 Å². The molecule has 0 saturated carbocycles. The Morgan fingerprint density at radius 2 is 2.05 bits per heavy atom. The molecule has 116 valence electrons. The second-order valence-electron chi connectivity index (χ2n) is 6.74. The molecule has 0 atom stereocenters. The SMILES string of the molecule is CC1(C)CCCN(CCC(=O)Nc2ccccc2N)CC1. The molecule has 1 saturated heterocycles. The van der Waals surface area contributed by atoms with E-state index in [1.54, 1.807) is 6.07 Å². The van der Waals surface area contributed by atoms with Crippen LogP contribution in [-0.4, -0.2) is 30.4 Å². The molecule has 4 heteroatoms. The number of nitrogens with one attached hydrogen (secondary N) is 1. The number of amides is 1. The highest BCUT2D eigenvalue weighted by molar-refractivity contribution is 5.93. The number of carbonyl (C=O) groups excluding carboxylic acids is 1. The van der Waals surface area contributed by atoms with Crippen molar-refractivity contribution >= 4 is 17.3 Å². The molecule has 1 heterocycles. The fraction of sp³-hybridized carbons (Fsp3) is 0.588. The number of anilines is 2. The number of likely N-dealkylation sites (tertiary alicyclic amines) is 1. The monoisotopic (exact) mass is 289 g/mol. The Morgan fingerprint density at radius 3 is 2.81 bits per heavy atom. The Labute approximate surface area is 127 Å². The van der Waals surface area contributed by atoms with E-state index in [9.17, 15) is 4.79 Å². The standard InChI is InChI=1S/C17H27N3O/c1-17(2)9-5-11-20(13-10-17)12-8-16(21)19-15-7-4-3-6-14(15)18/h3-4,6-7H,5,8-13,18H2,1-2H3,(H,19,21). The summed E-state index contributed by atoms with van der Waals surface area (Å²) in [6.45, 7) is 7.69. The number of hydrogen-bond donors (Lipinski definition) is 2. The quantitative estimate of drug-likeness (QED) is 0.837. The van der Waals surface area contributed by atoms with Crippen molar-refractivity contribution in [1.82, 2.24) is 4.90 Å². The molecule has 3 N–H and O–H groups in total. The van der Waals surface area contributed by atoms with Crippen LogP contribution in [0.15, 0.2) is 24.3 Å². The van der Waals surface area contributed by atoms with Gasteiger partial charge in [-0.3, -0.25) is 4.79 Å². The van der Waals surface area contributed by atoms with Crippen LogP contribution in [0.2, 0.25) is 0 Å². The van der Waals surface area contributed by atoms with Crippen molar-refractivity contribution in [3.63, 3.8) is 0 Å². The Bertz CT molecular complexity index is 485. The normalized spacial score (nSPS) is 19.0. The van der Waals surface area contributed by atoms with Gasteiger partial charge in [0.1, 0.15) is 0 Å². The van der Waals surface area contributed by atoms with Crippen LogP contribution in [-0.2, 0) is 4.79 Å². The van der Waals surface area contributed by atoms with Crippen molar-refractivity contribution in [2.24, 2.45) is 5.41 Å². The number of nitrogen functional groups attached to an aromatic ring is 1. The number of para-hydroxylation sites is 2.